The normalized spacial score (nSPS) is 13.8. The van der Waals surface area contributed by atoms with Crippen LogP contribution in [-0.2, 0) is 19.4 Å². The Labute approximate surface area is 178 Å². The van der Waals surface area contributed by atoms with Crippen LogP contribution in [0.15, 0.2) is 24.3 Å². The summed E-state index contributed by atoms with van der Waals surface area (Å²) in [5.41, 5.74) is 2.64. The molecule has 0 aliphatic carbocycles. The SMILES string of the molecule is Oc1c(O)c(Cl)c2c(c1Cl)CCCN(C(=S)NCCc1ccc(Cl)cc1)C2. The Morgan fingerprint density at radius 1 is 1.04 bits per heavy atom. The number of nitrogens with one attached hydrogen (secondary N) is 1. The van der Waals surface area contributed by atoms with Crippen LogP contribution in [0.1, 0.15) is 23.1 Å². The summed E-state index contributed by atoms with van der Waals surface area (Å²) < 4.78 is 0. The van der Waals surface area contributed by atoms with Crippen LogP contribution in [0.2, 0.25) is 15.1 Å². The fourth-order valence-electron chi connectivity index (χ4n) is 3.15. The maximum atomic E-state index is 10.0. The predicted molar refractivity (Wildman–Crippen MR) is 114 cm³/mol. The minimum atomic E-state index is -0.385. The monoisotopic (exact) mass is 444 g/mol. The number of aromatic hydroxyl groups is 2. The summed E-state index contributed by atoms with van der Waals surface area (Å²) in [4.78, 5) is 2.00. The van der Waals surface area contributed by atoms with Crippen LogP contribution in [0.3, 0.4) is 0 Å². The van der Waals surface area contributed by atoms with Crippen LogP contribution < -0.4 is 5.32 Å². The third-order valence-corrected chi connectivity index (χ3v) is 6.10. The lowest BCUT2D eigenvalue weighted by molar-refractivity contribution is 0.398. The average molecular weight is 446 g/mol. The molecule has 3 N–H and O–H groups in total. The molecular weight excluding hydrogens is 427 g/mol. The molecule has 2 aromatic carbocycles. The molecule has 0 unspecified atom stereocenters. The smallest absolute Gasteiger partial charge is 0.178 e. The zero-order valence-corrected chi connectivity index (χ0v) is 17.5. The maximum Gasteiger partial charge on any atom is 0.178 e. The number of fused-ring (bicyclic) bond motifs is 1. The Hall–Kier alpha value is -1.40. The number of nitrogens with zero attached hydrogens (tertiary/aromatic N) is 1. The molecule has 27 heavy (non-hydrogen) atoms. The van der Waals surface area contributed by atoms with Gasteiger partial charge in [-0.25, -0.2) is 0 Å². The van der Waals surface area contributed by atoms with Crippen LogP contribution in [0.5, 0.6) is 11.5 Å². The molecule has 4 nitrogen and oxygen atoms in total. The maximum absolute atomic E-state index is 10.0. The molecule has 3 rings (SSSR count). The average Bonchev–Trinajstić information content (AvgIpc) is 2.89. The Balaban J connectivity index is 1.67. The van der Waals surface area contributed by atoms with Crippen LogP contribution in [-0.4, -0.2) is 33.3 Å². The Morgan fingerprint density at radius 2 is 1.67 bits per heavy atom. The quantitative estimate of drug-likeness (QED) is 0.462. The zero-order chi connectivity index (χ0) is 19.6. The molecule has 0 atom stereocenters. The van der Waals surface area contributed by atoms with E-state index in [1.807, 2.05) is 29.2 Å². The van der Waals surface area contributed by atoms with E-state index in [0.717, 1.165) is 30.0 Å². The van der Waals surface area contributed by atoms with Crippen LogP contribution >= 0.6 is 47.0 Å². The van der Waals surface area contributed by atoms with Gasteiger partial charge in [-0.1, -0.05) is 46.9 Å². The van der Waals surface area contributed by atoms with E-state index < -0.39 is 0 Å². The van der Waals surface area contributed by atoms with Crippen molar-refractivity contribution < 1.29 is 10.2 Å². The van der Waals surface area contributed by atoms with Gasteiger partial charge in [0.25, 0.3) is 0 Å². The van der Waals surface area contributed by atoms with Gasteiger partial charge in [0.1, 0.15) is 0 Å². The summed E-state index contributed by atoms with van der Waals surface area (Å²) in [6.45, 7) is 1.85. The molecular formula is C19H19Cl3N2O2S. The van der Waals surface area contributed by atoms with E-state index >= 15 is 0 Å². The highest BCUT2D eigenvalue weighted by molar-refractivity contribution is 7.80. The van der Waals surface area contributed by atoms with Gasteiger partial charge in [0.2, 0.25) is 0 Å². The highest BCUT2D eigenvalue weighted by Crippen LogP contribution is 2.45. The van der Waals surface area contributed by atoms with Crippen molar-refractivity contribution in [1.82, 2.24) is 10.2 Å². The number of phenolic OH excluding ortho intramolecular Hbond substituents is 2. The van der Waals surface area contributed by atoms with Crippen molar-refractivity contribution in [1.29, 1.82) is 0 Å². The number of rotatable bonds is 3. The molecule has 1 aliphatic rings. The second-order valence-electron chi connectivity index (χ2n) is 6.42. The van der Waals surface area contributed by atoms with Gasteiger partial charge in [-0.05, 0) is 60.3 Å². The second-order valence-corrected chi connectivity index (χ2v) is 7.99. The van der Waals surface area contributed by atoms with Gasteiger partial charge < -0.3 is 20.4 Å². The van der Waals surface area contributed by atoms with E-state index in [0.29, 0.717) is 30.2 Å². The van der Waals surface area contributed by atoms with Crippen LogP contribution in [0.25, 0.3) is 0 Å². The summed E-state index contributed by atoms with van der Waals surface area (Å²) in [5, 5.41) is 24.8. The van der Waals surface area contributed by atoms with Crippen LogP contribution in [0, 0.1) is 0 Å². The van der Waals surface area contributed by atoms with E-state index in [1.165, 1.54) is 5.56 Å². The molecule has 0 saturated carbocycles. The van der Waals surface area contributed by atoms with Gasteiger partial charge in [-0.3, -0.25) is 0 Å². The lowest BCUT2D eigenvalue weighted by Crippen LogP contribution is -2.40. The molecule has 144 valence electrons. The predicted octanol–water partition coefficient (Wildman–Crippen LogP) is 4.92. The van der Waals surface area contributed by atoms with E-state index in [1.54, 1.807) is 0 Å². The molecule has 0 amide bonds. The molecule has 0 bridgehead atoms. The summed E-state index contributed by atoms with van der Waals surface area (Å²) in [6.07, 6.45) is 2.29. The fourth-order valence-corrected chi connectivity index (χ4v) is 4.10. The largest absolute Gasteiger partial charge is 0.503 e. The second kappa shape index (κ2) is 8.74. The van der Waals surface area contributed by atoms with Gasteiger partial charge in [0.15, 0.2) is 16.6 Å². The third-order valence-electron chi connectivity index (χ3n) is 4.63. The summed E-state index contributed by atoms with van der Waals surface area (Å²) in [7, 11) is 0. The van der Waals surface area contributed by atoms with Crippen molar-refractivity contribution in [2.75, 3.05) is 13.1 Å². The van der Waals surface area contributed by atoms with Gasteiger partial charge in [-0.15, -0.1) is 0 Å². The molecule has 1 aliphatic heterocycles. The number of halogens is 3. The lowest BCUT2D eigenvalue weighted by atomic mass is 10.0. The Bertz CT molecular complexity index is 859. The minimum absolute atomic E-state index is 0.128. The van der Waals surface area contributed by atoms with Gasteiger partial charge in [0, 0.05) is 24.7 Å². The number of thiocarbonyl (C=S) groups is 1. The number of benzene rings is 2. The Morgan fingerprint density at radius 3 is 2.33 bits per heavy atom. The Kier molecular flexibility index (Phi) is 6.58. The van der Waals surface area contributed by atoms with Crippen molar-refractivity contribution in [3.05, 3.63) is 56.0 Å². The molecule has 0 aromatic heterocycles. The fraction of sp³-hybridized carbons (Fsp3) is 0.316. The highest BCUT2D eigenvalue weighted by Gasteiger charge is 2.26. The zero-order valence-electron chi connectivity index (χ0n) is 14.4. The first-order valence-corrected chi connectivity index (χ1v) is 10.1. The standard InChI is InChI=1S/C19H19Cl3N2O2S/c20-12-5-3-11(4-6-12)7-8-23-19(27)24-9-1-2-13-14(10-24)16(22)18(26)17(25)15(13)21/h3-6,25-26H,1-2,7-10H2,(H,23,27). The van der Waals surface area contributed by atoms with Gasteiger partial charge >= 0.3 is 0 Å². The summed E-state index contributed by atoms with van der Waals surface area (Å²) in [5.74, 6) is -0.749. The molecule has 0 fully saturated rings. The van der Waals surface area contributed by atoms with Crippen molar-refractivity contribution in [2.24, 2.45) is 0 Å². The summed E-state index contributed by atoms with van der Waals surface area (Å²) in [6, 6.07) is 7.72. The lowest BCUT2D eigenvalue weighted by Gasteiger charge is -2.25. The van der Waals surface area contributed by atoms with Crippen LogP contribution in [0.4, 0.5) is 0 Å². The molecule has 8 heteroatoms. The van der Waals surface area contributed by atoms with E-state index in [2.05, 4.69) is 5.32 Å². The molecule has 0 radical (unpaired) electrons. The topological polar surface area (TPSA) is 55.7 Å². The number of hydrogen-bond donors (Lipinski definition) is 3. The third kappa shape index (κ3) is 4.54. The first kappa shape index (κ1) is 20.3. The van der Waals surface area contributed by atoms with Crippen molar-refractivity contribution in [3.63, 3.8) is 0 Å². The van der Waals surface area contributed by atoms with E-state index in [-0.39, 0.29) is 21.5 Å². The van der Waals surface area contributed by atoms with Crippen molar-refractivity contribution in [2.45, 2.75) is 25.8 Å². The first-order chi connectivity index (χ1) is 12.9. The van der Waals surface area contributed by atoms with Crippen molar-refractivity contribution >= 4 is 52.1 Å². The van der Waals surface area contributed by atoms with Gasteiger partial charge in [-0.2, -0.15) is 0 Å². The molecule has 0 spiro atoms. The minimum Gasteiger partial charge on any atom is -0.503 e. The highest BCUT2D eigenvalue weighted by atomic mass is 35.5. The van der Waals surface area contributed by atoms with Gasteiger partial charge in [0.05, 0.1) is 10.0 Å². The van der Waals surface area contributed by atoms with E-state index in [4.69, 9.17) is 47.0 Å². The number of hydrogen-bond acceptors (Lipinski definition) is 3. The summed E-state index contributed by atoms with van der Waals surface area (Å²) >= 11 is 23.9. The van der Waals surface area contributed by atoms with Crippen molar-refractivity contribution in [3.8, 4) is 11.5 Å². The molecule has 2 aromatic rings. The number of phenols is 2. The first-order valence-electron chi connectivity index (χ1n) is 8.56. The van der Waals surface area contributed by atoms with E-state index in [9.17, 15) is 10.2 Å². The molecule has 1 heterocycles. The molecule has 0 saturated heterocycles.